The van der Waals surface area contributed by atoms with Crippen LogP contribution in [0, 0.1) is 15.5 Å². The summed E-state index contributed by atoms with van der Waals surface area (Å²) in [6.07, 6.45) is 3.16. The van der Waals surface area contributed by atoms with E-state index < -0.39 is 11.6 Å². The third kappa shape index (κ3) is 4.34. The van der Waals surface area contributed by atoms with Crippen LogP contribution in [0.25, 0.3) is 0 Å². The van der Waals surface area contributed by atoms with Crippen molar-refractivity contribution in [2.75, 3.05) is 6.61 Å². The monoisotopic (exact) mass is 393 g/mol. The molecule has 1 N–H and O–H groups in total. The van der Waals surface area contributed by atoms with E-state index >= 15 is 0 Å². The van der Waals surface area contributed by atoms with Crippen LogP contribution in [0.5, 0.6) is 0 Å². The highest BCUT2D eigenvalue weighted by molar-refractivity contribution is 8.09. The van der Waals surface area contributed by atoms with Crippen LogP contribution >= 0.6 is 6.64 Å². The third-order valence-electron chi connectivity index (χ3n) is 4.17. The van der Waals surface area contributed by atoms with Crippen molar-refractivity contribution in [1.29, 1.82) is 0 Å². The van der Waals surface area contributed by atoms with Crippen LogP contribution in [-0.4, -0.2) is 16.5 Å². The SMILES string of the molecule is CC1(C)CO[P@](=S)(NCc2cccnc2)O[C@H]1c1ccc([N+](=O)[O-])cc1. The molecule has 0 radical (unpaired) electrons. The molecule has 1 aliphatic rings. The lowest BCUT2D eigenvalue weighted by Gasteiger charge is -2.43. The van der Waals surface area contributed by atoms with Gasteiger partial charge in [0, 0.05) is 36.5 Å². The standard InChI is InChI=1S/C17H20N3O4PS/c1-17(2)12-23-25(26,19-11-13-4-3-9-18-10-13)24-16(17)14-5-7-15(8-6-14)20(21)22/h3-10,16H,11-12H2,1-2H3,(H,19,26)/t16-,25+/m0/s1. The van der Waals surface area contributed by atoms with Gasteiger partial charge in [0.1, 0.15) is 0 Å². The predicted molar refractivity (Wildman–Crippen MR) is 102 cm³/mol. The highest BCUT2D eigenvalue weighted by Crippen LogP contribution is 2.58. The minimum atomic E-state index is -2.69. The zero-order chi connectivity index (χ0) is 18.8. The first-order valence-corrected chi connectivity index (χ1v) is 10.7. The smallest absolute Gasteiger partial charge is 0.269 e. The molecule has 0 spiro atoms. The predicted octanol–water partition coefficient (Wildman–Crippen LogP) is 4.12. The normalized spacial score (nSPS) is 24.9. The third-order valence-corrected chi connectivity index (χ3v) is 6.63. The van der Waals surface area contributed by atoms with Crippen molar-refractivity contribution in [3.05, 3.63) is 70.0 Å². The number of rotatable bonds is 5. The van der Waals surface area contributed by atoms with Crippen molar-refractivity contribution < 1.29 is 14.0 Å². The fourth-order valence-corrected chi connectivity index (χ4v) is 5.10. The van der Waals surface area contributed by atoms with Crippen molar-refractivity contribution >= 4 is 24.1 Å². The van der Waals surface area contributed by atoms with Crippen LogP contribution < -0.4 is 5.09 Å². The van der Waals surface area contributed by atoms with Gasteiger partial charge in [0.15, 0.2) is 0 Å². The molecule has 1 saturated heterocycles. The van der Waals surface area contributed by atoms with Crippen LogP contribution in [-0.2, 0) is 27.4 Å². The molecule has 3 rings (SSSR count). The molecule has 2 atom stereocenters. The molecule has 26 heavy (non-hydrogen) atoms. The van der Waals surface area contributed by atoms with Crippen molar-refractivity contribution in [3.63, 3.8) is 0 Å². The Bertz CT molecular complexity index is 830. The first kappa shape index (κ1) is 19.1. The molecule has 7 nitrogen and oxygen atoms in total. The molecular weight excluding hydrogens is 373 g/mol. The number of hydrogen-bond donors (Lipinski definition) is 1. The van der Waals surface area contributed by atoms with Gasteiger partial charge in [-0.25, -0.2) is 5.09 Å². The molecular formula is C17H20N3O4PS. The van der Waals surface area contributed by atoms with E-state index in [-0.39, 0.29) is 17.2 Å². The minimum Gasteiger partial charge on any atom is -0.317 e. The summed E-state index contributed by atoms with van der Waals surface area (Å²) >= 11 is 5.63. The number of nitro groups is 1. The van der Waals surface area contributed by atoms with E-state index in [9.17, 15) is 10.1 Å². The van der Waals surface area contributed by atoms with Crippen LogP contribution in [0.1, 0.15) is 31.1 Å². The Labute approximate surface area is 157 Å². The van der Waals surface area contributed by atoms with Crippen molar-refractivity contribution in [2.45, 2.75) is 26.5 Å². The minimum absolute atomic E-state index is 0.0488. The lowest BCUT2D eigenvalue weighted by atomic mass is 9.83. The summed E-state index contributed by atoms with van der Waals surface area (Å²) in [4.78, 5) is 14.5. The van der Waals surface area contributed by atoms with E-state index in [0.717, 1.165) is 11.1 Å². The summed E-state index contributed by atoms with van der Waals surface area (Å²) in [6, 6.07) is 10.2. The second-order valence-corrected chi connectivity index (χ2v) is 10.0. The molecule has 2 aromatic rings. The van der Waals surface area contributed by atoms with Crippen LogP contribution in [0.3, 0.4) is 0 Å². The van der Waals surface area contributed by atoms with Crippen LogP contribution in [0.2, 0.25) is 0 Å². The molecule has 1 aliphatic heterocycles. The number of nitro benzene ring substituents is 1. The maximum Gasteiger partial charge on any atom is 0.269 e. The van der Waals surface area contributed by atoms with Gasteiger partial charge in [-0.05, 0) is 41.1 Å². The summed E-state index contributed by atoms with van der Waals surface area (Å²) in [5, 5.41) is 14.1. The van der Waals surface area contributed by atoms with Crippen LogP contribution in [0.15, 0.2) is 48.8 Å². The molecule has 0 bridgehead atoms. The van der Waals surface area contributed by atoms with Gasteiger partial charge >= 0.3 is 0 Å². The Morgan fingerprint density at radius 3 is 2.73 bits per heavy atom. The fraction of sp³-hybridized carbons (Fsp3) is 0.353. The molecule has 1 aromatic carbocycles. The van der Waals surface area contributed by atoms with Crippen molar-refractivity contribution in [3.8, 4) is 0 Å². The lowest BCUT2D eigenvalue weighted by molar-refractivity contribution is -0.384. The van der Waals surface area contributed by atoms with E-state index in [0.29, 0.717) is 13.2 Å². The molecule has 0 aliphatic carbocycles. The largest absolute Gasteiger partial charge is 0.317 e. The van der Waals surface area contributed by atoms with Gasteiger partial charge in [-0.15, -0.1) is 0 Å². The summed E-state index contributed by atoms with van der Waals surface area (Å²) in [5.41, 5.74) is 1.57. The molecule has 0 unspecified atom stereocenters. The number of aromatic nitrogens is 1. The number of non-ortho nitro benzene ring substituents is 1. The first-order chi connectivity index (χ1) is 12.3. The Morgan fingerprint density at radius 2 is 2.12 bits per heavy atom. The van der Waals surface area contributed by atoms with Gasteiger partial charge in [-0.3, -0.25) is 15.1 Å². The van der Waals surface area contributed by atoms with Gasteiger partial charge in [-0.2, -0.15) is 0 Å². The molecule has 1 aromatic heterocycles. The zero-order valence-electron chi connectivity index (χ0n) is 14.5. The van der Waals surface area contributed by atoms with Crippen LogP contribution in [0.4, 0.5) is 5.69 Å². The van der Waals surface area contributed by atoms with Crippen molar-refractivity contribution in [2.24, 2.45) is 5.41 Å². The van der Waals surface area contributed by atoms with E-state index in [1.165, 1.54) is 12.1 Å². The Kier molecular flexibility index (Phi) is 5.50. The van der Waals surface area contributed by atoms with Gasteiger partial charge in [-0.1, -0.05) is 19.9 Å². The first-order valence-electron chi connectivity index (χ1n) is 8.10. The van der Waals surface area contributed by atoms with Gasteiger partial charge in [0.05, 0.1) is 17.6 Å². The molecule has 2 heterocycles. The van der Waals surface area contributed by atoms with E-state index in [4.69, 9.17) is 20.9 Å². The summed E-state index contributed by atoms with van der Waals surface area (Å²) in [7, 11) is 0. The maximum atomic E-state index is 10.9. The Morgan fingerprint density at radius 1 is 1.38 bits per heavy atom. The summed E-state index contributed by atoms with van der Waals surface area (Å²) in [6.45, 7) is 2.30. The maximum absolute atomic E-state index is 10.9. The Hall–Kier alpha value is -1.70. The van der Waals surface area contributed by atoms with Gasteiger partial charge < -0.3 is 9.05 Å². The highest BCUT2D eigenvalue weighted by Gasteiger charge is 2.42. The average Bonchev–Trinajstić information content (AvgIpc) is 2.63. The summed E-state index contributed by atoms with van der Waals surface area (Å²) in [5.74, 6) is 0. The molecule has 9 heteroatoms. The molecule has 1 fully saturated rings. The second kappa shape index (κ2) is 7.50. The number of hydrogen-bond acceptors (Lipinski definition) is 6. The number of benzene rings is 1. The molecule has 138 valence electrons. The second-order valence-electron chi connectivity index (χ2n) is 6.79. The number of nitrogens with zero attached hydrogens (tertiary/aromatic N) is 2. The number of nitrogens with one attached hydrogen (secondary N) is 1. The highest BCUT2D eigenvalue weighted by atomic mass is 32.5. The average molecular weight is 393 g/mol. The van der Waals surface area contributed by atoms with Gasteiger partial charge in [0.2, 0.25) is 0 Å². The van der Waals surface area contributed by atoms with E-state index in [1.54, 1.807) is 24.5 Å². The van der Waals surface area contributed by atoms with E-state index in [2.05, 4.69) is 10.1 Å². The lowest BCUT2D eigenvalue weighted by Crippen LogP contribution is -2.35. The van der Waals surface area contributed by atoms with Crippen molar-refractivity contribution in [1.82, 2.24) is 10.1 Å². The topological polar surface area (TPSA) is 86.5 Å². The molecule has 0 amide bonds. The fourth-order valence-electron chi connectivity index (χ4n) is 2.70. The van der Waals surface area contributed by atoms with Gasteiger partial charge in [0.25, 0.3) is 12.3 Å². The quantitative estimate of drug-likeness (QED) is 0.464. The number of pyridine rings is 1. The van der Waals surface area contributed by atoms with E-state index in [1.807, 2.05) is 26.0 Å². The zero-order valence-corrected chi connectivity index (χ0v) is 16.2. The molecule has 0 saturated carbocycles. The summed E-state index contributed by atoms with van der Waals surface area (Å²) < 4.78 is 12.1. The Balaban J connectivity index is 1.77.